The van der Waals surface area contributed by atoms with Gasteiger partial charge in [0.15, 0.2) is 0 Å². The Morgan fingerprint density at radius 1 is 0.960 bits per heavy atom. The van der Waals surface area contributed by atoms with Gasteiger partial charge in [0.1, 0.15) is 6.54 Å². The van der Waals surface area contributed by atoms with Gasteiger partial charge in [-0.1, -0.05) is 42.5 Å². The molecule has 3 aromatic rings. The van der Waals surface area contributed by atoms with Gasteiger partial charge >= 0.3 is 0 Å². The van der Waals surface area contributed by atoms with Crippen molar-refractivity contribution in [2.45, 2.75) is 25.4 Å². The zero-order valence-electron chi connectivity index (χ0n) is 14.3. The number of rotatable bonds is 2. The molecule has 1 aromatic heterocycles. The van der Waals surface area contributed by atoms with Crippen LogP contribution < -0.4 is 10.5 Å². The summed E-state index contributed by atoms with van der Waals surface area (Å²) >= 11 is 0. The third kappa shape index (κ3) is 2.69. The van der Waals surface area contributed by atoms with Crippen LogP contribution in [-0.2, 0) is 13.1 Å². The van der Waals surface area contributed by atoms with Crippen LogP contribution in [0.4, 0.5) is 0 Å². The Bertz CT molecular complexity index is 990. The van der Waals surface area contributed by atoms with Gasteiger partial charge in [0.2, 0.25) is 0 Å². The summed E-state index contributed by atoms with van der Waals surface area (Å²) < 4.78 is 2.02. The summed E-state index contributed by atoms with van der Waals surface area (Å²) in [7, 11) is 0. The minimum absolute atomic E-state index is 0.171. The summed E-state index contributed by atoms with van der Waals surface area (Å²) in [5.41, 5.74) is 2.84. The van der Waals surface area contributed by atoms with Gasteiger partial charge in [-0.25, -0.2) is 0 Å². The fourth-order valence-corrected chi connectivity index (χ4v) is 4.90. The molecule has 3 nitrogen and oxygen atoms in total. The number of nitrogens with zero attached hydrogens (tertiary/aromatic N) is 1. The maximum Gasteiger partial charge on any atom is 0.250 e. The number of likely N-dealkylation sites (tertiary alicyclic amines) is 1. The summed E-state index contributed by atoms with van der Waals surface area (Å²) in [6.45, 7) is 4.28. The molecule has 0 radical (unpaired) electrons. The van der Waals surface area contributed by atoms with Crippen molar-refractivity contribution in [3.05, 3.63) is 82.3 Å². The Morgan fingerprint density at radius 2 is 1.84 bits per heavy atom. The van der Waals surface area contributed by atoms with Crippen LogP contribution >= 0.6 is 0 Å². The van der Waals surface area contributed by atoms with Crippen molar-refractivity contribution in [3.8, 4) is 0 Å². The molecule has 2 bridgehead atoms. The molecule has 1 N–H and O–H groups in total. The fourth-order valence-electron chi connectivity index (χ4n) is 4.90. The van der Waals surface area contributed by atoms with Crippen molar-refractivity contribution in [2.24, 2.45) is 5.92 Å². The van der Waals surface area contributed by atoms with Crippen molar-refractivity contribution in [1.29, 1.82) is 0 Å². The highest BCUT2D eigenvalue weighted by molar-refractivity contribution is 5.82. The van der Waals surface area contributed by atoms with Crippen LogP contribution in [-0.4, -0.2) is 17.7 Å². The summed E-state index contributed by atoms with van der Waals surface area (Å²) in [4.78, 5) is 13.8. The Kier molecular flexibility index (Phi) is 3.49. The van der Waals surface area contributed by atoms with Crippen molar-refractivity contribution >= 4 is 10.8 Å². The molecule has 1 saturated heterocycles. The summed E-state index contributed by atoms with van der Waals surface area (Å²) in [5, 5.41) is 2.64. The van der Waals surface area contributed by atoms with Crippen LogP contribution in [0, 0.1) is 5.92 Å². The molecule has 0 amide bonds. The Hall–Kier alpha value is -2.39. The molecule has 2 aliphatic rings. The van der Waals surface area contributed by atoms with Crippen molar-refractivity contribution < 1.29 is 4.90 Å². The van der Waals surface area contributed by atoms with Crippen molar-refractivity contribution in [1.82, 2.24) is 4.57 Å². The SMILES string of the molecule is O=c1cccc2n1C[C@@H]1C[C@H]2C[NH+](Cc2ccc3ccccc3c2)C1. The van der Waals surface area contributed by atoms with Gasteiger partial charge in [-0.2, -0.15) is 0 Å². The highest BCUT2D eigenvalue weighted by Gasteiger charge is 2.36. The molecule has 2 aliphatic heterocycles. The van der Waals surface area contributed by atoms with E-state index >= 15 is 0 Å². The van der Waals surface area contributed by atoms with Gasteiger partial charge < -0.3 is 9.47 Å². The van der Waals surface area contributed by atoms with E-state index < -0.39 is 0 Å². The van der Waals surface area contributed by atoms with Gasteiger partial charge in [0.05, 0.1) is 13.1 Å². The number of aromatic nitrogens is 1. The van der Waals surface area contributed by atoms with Crippen LogP contribution in [0.2, 0.25) is 0 Å². The average molecular weight is 331 g/mol. The molecule has 3 heterocycles. The van der Waals surface area contributed by atoms with E-state index in [0.717, 1.165) is 19.6 Å². The zero-order valence-corrected chi connectivity index (χ0v) is 14.3. The summed E-state index contributed by atoms with van der Waals surface area (Å²) in [6, 6.07) is 21.2. The molecule has 1 unspecified atom stereocenters. The third-order valence-electron chi connectivity index (χ3n) is 5.94. The molecule has 0 aliphatic carbocycles. The Labute approximate surface area is 147 Å². The topological polar surface area (TPSA) is 26.4 Å². The number of quaternary nitrogens is 1. The first kappa shape index (κ1) is 14.9. The van der Waals surface area contributed by atoms with Gasteiger partial charge in [-0.3, -0.25) is 4.79 Å². The molecular weight excluding hydrogens is 308 g/mol. The van der Waals surface area contributed by atoms with E-state index in [0.29, 0.717) is 11.8 Å². The van der Waals surface area contributed by atoms with E-state index in [1.807, 2.05) is 10.6 Å². The largest absolute Gasteiger partial charge is 0.330 e. The monoisotopic (exact) mass is 331 g/mol. The van der Waals surface area contributed by atoms with Gasteiger partial charge in [-0.15, -0.1) is 0 Å². The predicted octanol–water partition coefficient (Wildman–Crippen LogP) is 2.20. The fraction of sp³-hybridized carbons (Fsp3) is 0.318. The molecular formula is C22H23N2O+. The lowest BCUT2D eigenvalue weighted by atomic mass is 9.83. The normalized spacial score (nSPS) is 24.9. The molecule has 5 rings (SSSR count). The molecule has 0 spiro atoms. The Morgan fingerprint density at radius 3 is 2.76 bits per heavy atom. The standard InChI is InChI=1S/C22H22N2O/c25-22-7-3-6-21-20-11-17(14-24(21)22)13-23(15-20)12-16-8-9-18-4-1-2-5-19(18)10-16/h1-10,17,20H,11-15H2/p+1/t17-,20+/m1/s1. The van der Waals surface area contributed by atoms with Crippen LogP contribution in [0.3, 0.4) is 0 Å². The maximum atomic E-state index is 12.1. The lowest BCUT2D eigenvalue weighted by Crippen LogP contribution is -3.13. The van der Waals surface area contributed by atoms with E-state index in [-0.39, 0.29) is 5.56 Å². The highest BCUT2D eigenvalue weighted by atomic mass is 16.1. The molecule has 3 heteroatoms. The smallest absolute Gasteiger partial charge is 0.250 e. The number of nitrogens with one attached hydrogen (secondary N) is 1. The average Bonchev–Trinajstić information content (AvgIpc) is 2.63. The molecule has 1 fully saturated rings. The summed E-state index contributed by atoms with van der Waals surface area (Å²) in [6.07, 6.45) is 1.24. The van der Waals surface area contributed by atoms with Crippen LogP contribution in [0.15, 0.2) is 65.5 Å². The molecule has 25 heavy (non-hydrogen) atoms. The van der Waals surface area contributed by atoms with Crippen molar-refractivity contribution in [2.75, 3.05) is 13.1 Å². The molecule has 2 aromatic carbocycles. The van der Waals surface area contributed by atoms with Gasteiger partial charge in [0, 0.05) is 35.7 Å². The lowest BCUT2D eigenvalue weighted by molar-refractivity contribution is -0.924. The minimum atomic E-state index is 0.171. The third-order valence-corrected chi connectivity index (χ3v) is 5.94. The second kappa shape index (κ2) is 5.85. The maximum absolute atomic E-state index is 12.1. The summed E-state index contributed by atoms with van der Waals surface area (Å²) in [5.74, 6) is 1.15. The van der Waals surface area contributed by atoms with Gasteiger partial charge in [-0.05, 0) is 29.3 Å². The van der Waals surface area contributed by atoms with Crippen LogP contribution in [0.1, 0.15) is 23.6 Å². The second-order valence-corrected chi connectivity index (χ2v) is 7.71. The number of hydrogen-bond donors (Lipinski definition) is 1. The van der Waals surface area contributed by atoms with E-state index in [2.05, 4.69) is 48.5 Å². The number of pyridine rings is 1. The van der Waals surface area contributed by atoms with E-state index in [1.165, 1.54) is 35.0 Å². The number of benzene rings is 2. The van der Waals surface area contributed by atoms with E-state index in [4.69, 9.17) is 0 Å². The first-order valence-corrected chi connectivity index (χ1v) is 9.27. The van der Waals surface area contributed by atoms with Crippen LogP contribution in [0.25, 0.3) is 10.8 Å². The second-order valence-electron chi connectivity index (χ2n) is 7.71. The molecule has 126 valence electrons. The molecule has 0 saturated carbocycles. The van der Waals surface area contributed by atoms with E-state index in [9.17, 15) is 4.79 Å². The van der Waals surface area contributed by atoms with Crippen LogP contribution in [0.5, 0.6) is 0 Å². The van der Waals surface area contributed by atoms with Gasteiger partial charge in [0.25, 0.3) is 5.56 Å². The first-order chi connectivity index (χ1) is 12.3. The number of hydrogen-bond acceptors (Lipinski definition) is 1. The lowest BCUT2D eigenvalue weighted by Gasteiger charge is -2.40. The van der Waals surface area contributed by atoms with E-state index in [1.54, 1.807) is 11.0 Å². The Balaban J connectivity index is 1.40. The van der Waals surface area contributed by atoms with Crippen molar-refractivity contribution in [3.63, 3.8) is 0 Å². The minimum Gasteiger partial charge on any atom is -0.330 e. The molecule has 3 atom stereocenters. The predicted molar refractivity (Wildman–Crippen MR) is 99.9 cm³/mol. The highest BCUT2D eigenvalue weighted by Crippen LogP contribution is 2.30. The quantitative estimate of drug-likeness (QED) is 0.766. The number of piperidine rings is 1. The number of fused-ring (bicyclic) bond motifs is 5. The first-order valence-electron chi connectivity index (χ1n) is 9.27. The zero-order chi connectivity index (χ0) is 16.8.